The Bertz CT molecular complexity index is 493. The topological polar surface area (TPSA) is 75.4 Å². The summed E-state index contributed by atoms with van der Waals surface area (Å²) in [4.78, 5) is 25.5. The van der Waals surface area contributed by atoms with Gasteiger partial charge >= 0.3 is 0 Å². The van der Waals surface area contributed by atoms with Crippen LogP contribution in [0.25, 0.3) is 0 Å². The first-order valence-electron chi connectivity index (χ1n) is 6.13. The van der Waals surface area contributed by atoms with E-state index in [1.54, 1.807) is 24.3 Å². The van der Waals surface area contributed by atoms with E-state index in [9.17, 15) is 9.59 Å². The van der Waals surface area contributed by atoms with Crippen LogP contribution >= 0.6 is 11.6 Å². The molecule has 0 saturated carbocycles. The summed E-state index contributed by atoms with van der Waals surface area (Å²) >= 11 is 5.89. The summed E-state index contributed by atoms with van der Waals surface area (Å²) in [7, 11) is 0. The molecular formula is C13H16ClN3O2. The lowest BCUT2D eigenvalue weighted by Gasteiger charge is -2.14. The zero-order chi connectivity index (χ0) is 13.8. The molecule has 3 N–H and O–H groups in total. The van der Waals surface area contributed by atoms with Crippen molar-refractivity contribution in [2.75, 3.05) is 19.6 Å². The number of likely N-dealkylation sites (tertiary alicyclic amines) is 1. The van der Waals surface area contributed by atoms with Crippen LogP contribution in [-0.4, -0.2) is 42.4 Å². The van der Waals surface area contributed by atoms with E-state index in [4.69, 9.17) is 17.3 Å². The highest BCUT2D eigenvalue weighted by Gasteiger charge is 2.22. The van der Waals surface area contributed by atoms with Gasteiger partial charge in [0.1, 0.15) is 0 Å². The number of carbonyl (C=O) groups excluding carboxylic acids is 2. The molecule has 102 valence electrons. The summed E-state index contributed by atoms with van der Waals surface area (Å²) < 4.78 is 0. The van der Waals surface area contributed by atoms with E-state index in [1.165, 1.54) is 0 Å². The van der Waals surface area contributed by atoms with E-state index in [0.29, 0.717) is 17.1 Å². The zero-order valence-corrected chi connectivity index (χ0v) is 11.2. The predicted octanol–water partition coefficient (Wildman–Crippen LogP) is 0.629. The van der Waals surface area contributed by atoms with Gasteiger partial charge in [0.15, 0.2) is 0 Å². The molecule has 1 aromatic carbocycles. The van der Waals surface area contributed by atoms with Crippen LogP contribution in [0.2, 0.25) is 5.02 Å². The Morgan fingerprint density at radius 2 is 2.16 bits per heavy atom. The molecule has 1 atom stereocenters. The van der Waals surface area contributed by atoms with Crippen molar-refractivity contribution >= 4 is 23.4 Å². The van der Waals surface area contributed by atoms with Crippen molar-refractivity contribution in [3.8, 4) is 0 Å². The molecule has 2 rings (SSSR count). The average Bonchev–Trinajstić information content (AvgIpc) is 2.74. The molecule has 5 nitrogen and oxygen atoms in total. The highest BCUT2D eigenvalue weighted by molar-refractivity contribution is 6.34. The number of carbonyl (C=O) groups is 2. The summed E-state index contributed by atoms with van der Waals surface area (Å²) in [6.45, 7) is 1.66. The first kappa shape index (κ1) is 14.0. The highest BCUT2D eigenvalue weighted by atomic mass is 35.5. The van der Waals surface area contributed by atoms with Crippen molar-refractivity contribution in [1.29, 1.82) is 0 Å². The quantitative estimate of drug-likeness (QED) is 0.852. The SMILES string of the molecule is N[C@@H]1CCN(CC(=O)NC(=O)c2ccccc2Cl)C1. The van der Waals surface area contributed by atoms with Crippen molar-refractivity contribution < 1.29 is 9.59 Å². The molecule has 19 heavy (non-hydrogen) atoms. The standard InChI is InChI=1S/C13H16ClN3O2/c14-11-4-2-1-3-10(11)13(19)16-12(18)8-17-6-5-9(15)7-17/h1-4,9H,5-8,15H2,(H,16,18,19)/t9-/m1/s1. The second kappa shape index (κ2) is 6.14. The van der Waals surface area contributed by atoms with Gasteiger partial charge in [-0.25, -0.2) is 0 Å². The lowest BCUT2D eigenvalue weighted by molar-refractivity contribution is -0.121. The minimum absolute atomic E-state index is 0.118. The van der Waals surface area contributed by atoms with Gasteiger partial charge in [0.05, 0.1) is 17.1 Å². The van der Waals surface area contributed by atoms with Gasteiger partial charge in [0, 0.05) is 19.1 Å². The van der Waals surface area contributed by atoms with Crippen LogP contribution < -0.4 is 11.1 Å². The lowest BCUT2D eigenvalue weighted by Crippen LogP contribution is -2.40. The van der Waals surface area contributed by atoms with Crippen molar-refractivity contribution in [1.82, 2.24) is 10.2 Å². The van der Waals surface area contributed by atoms with Gasteiger partial charge in [0.2, 0.25) is 5.91 Å². The van der Waals surface area contributed by atoms with E-state index < -0.39 is 5.91 Å². The first-order valence-corrected chi connectivity index (χ1v) is 6.50. The fourth-order valence-corrected chi connectivity index (χ4v) is 2.31. The molecule has 1 aliphatic heterocycles. The summed E-state index contributed by atoms with van der Waals surface area (Å²) in [5.74, 6) is -0.807. The van der Waals surface area contributed by atoms with Crippen LogP contribution in [0.5, 0.6) is 0 Å². The average molecular weight is 282 g/mol. The van der Waals surface area contributed by atoms with Gasteiger partial charge < -0.3 is 5.73 Å². The van der Waals surface area contributed by atoms with E-state index >= 15 is 0 Å². The van der Waals surface area contributed by atoms with Crippen LogP contribution in [0.3, 0.4) is 0 Å². The number of rotatable bonds is 3. The molecule has 1 saturated heterocycles. The first-order chi connectivity index (χ1) is 9.06. The molecular weight excluding hydrogens is 266 g/mol. The highest BCUT2D eigenvalue weighted by Crippen LogP contribution is 2.14. The Morgan fingerprint density at radius 1 is 1.42 bits per heavy atom. The molecule has 1 aromatic rings. The molecule has 1 heterocycles. The second-order valence-electron chi connectivity index (χ2n) is 4.64. The number of hydrogen-bond acceptors (Lipinski definition) is 4. The van der Waals surface area contributed by atoms with Crippen LogP contribution in [-0.2, 0) is 4.79 Å². The van der Waals surface area contributed by atoms with Crippen molar-refractivity contribution in [2.24, 2.45) is 5.73 Å². The molecule has 6 heteroatoms. The summed E-state index contributed by atoms with van der Waals surface area (Å²) in [6.07, 6.45) is 0.881. The van der Waals surface area contributed by atoms with Crippen molar-refractivity contribution in [3.05, 3.63) is 34.9 Å². The van der Waals surface area contributed by atoms with E-state index in [0.717, 1.165) is 13.0 Å². The predicted molar refractivity (Wildman–Crippen MR) is 73.0 cm³/mol. The van der Waals surface area contributed by atoms with Gasteiger partial charge in [-0.15, -0.1) is 0 Å². The summed E-state index contributed by atoms with van der Waals surface area (Å²) in [5, 5.41) is 2.66. The largest absolute Gasteiger partial charge is 0.326 e. The number of nitrogens with one attached hydrogen (secondary N) is 1. The maximum atomic E-state index is 11.9. The van der Waals surface area contributed by atoms with Crippen molar-refractivity contribution in [3.63, 3.8) is 0 Å². The molecule has 0 unspecified atom stereocenters. The van der Waals surface area contributed by atoms with Gasteiger partial charge in [-0.2, -0.15) is 0 Å². The number of amides is 2. The summed E-state index contributed by atoms with van der Waals surface area (Å²) in [6, 6.07) is 6.74. The van der Waals surface area contributed by atoms with Crippen LogP contribution in [0.15, 0.2) is 24.3 Å². The molecule has 2 amide bonds. The molecule has 0 aromatic heterocycles. The fraction of sp³-hybridized carbons (Fsp3) is 0.385. The van der Waals surface area contributed by atoms with E-state index in [2.05, 4.69) is 5.32 Å². The van der Waals surface area contributed by atoms with Gasteiger partial charge in [-0.05, 0) is 18.6 Å². The maximum absolute atomic E-state index is 11.9. The summed E-state index contributed by atoms with van der Waals surface area (Å²) in [5.41, 5.74) is 6.06. The normalized spacial score (nSPS) is 19.4. The molecule has 0 spiro atoms. The monoisotopic (exact) mass is 281 g/mol. The molecule has 0 radical (unpaired) electrons. The Morgan fingerprint density at radius 3 is 2.79 bits per heavy atom. The lowest BCUT2D eigenvalue weighted by atomic mass is 10.2. The molecule has 0 aliphatic carbocycles. The second-order valence-corrected chi connectivity index (χ2v) is 5.05. The smallest absolute Gasteiger partial charge is 0.259 e. The number of halogens is 1. The van der Waals surface area contributed by atoms with Crippen molar-refractivity contribution in [2.45, 2.75) is 12.5 Å². The zero-order valence-electron chi connectivity index (χ0n) is 10.4. The minimum Gasteiger partial charge on any atom is -0.326 e. The Balaban J connectivity index is 1.89. The Labute approximate surface area is 116 Å². The van der Waals surface area contributed by atoms with Gasteiger partial charge in [-0.1, -0.05) is 23.7 Å². The third-order valence-electron chi connectivity index (χ3n) is 3.05. The maximum Gasteiger partial charge on any atom is 0.259 e. The molecule has 1 aliphatic rings. The number of benzene rings is 1. The van der Waals surface area contributed by atoms with Crippen LogP contribution in [0.1, 0.15) is 16.8 Å². The minimum atomic E-state index is -0.473. The third kappa shape index (κ3) is 3.76. The Kier molecular flexibility index (Phi) is 4.52. The van der Waals surface area contributed by atoms with E-state index in [-0.39, 0.29) is 18.5 Å². The number of hydrogen-bond donors (Lipinski definition) is 2. The fourth-order valence-electron chi connectivity index (χ4n) is 2.09. The number of nitrogens with two attached hydrogens (primary N) is 1. The Hall–Kier alpha value is -1.43. The van der Waals surface area contributed by atoms with Gasteiger partial charge in [-0.3, -0.25) is 19.8 Å². The molecule has 0 bridgehead atoms. The van der Waals surface area contributed by atoms with Crippen LogP contribution in [0.4, 0.5) is 0 Å². The number of nitrogens with zero attached hydrogens (tertiary/aromatic N) is 1. The number of imide groups is 1. The van der Waals surface area contributed by atoms with Gasteiger partial charge in [0.25, 0.3) is 5.91 Å². The molecule has 1 fully saturated rings. The van der Waals surface area contributed by atoms with E-state index in [1.807, 2.05) is 4.90 Å². The van der Waals surface area contributed by atoms with Crippen LogP contribution in [0, 0.1) is 0 Å². The third-order valence-corrected chi connectivity index (χ3v) is 3.38.